The van der Waals surface area contributed by atoms with Crippen LogP contribution in [0.25, 0.3) is 0 Å². The molecule has 3 rings (SSSR count). The van der Waals surface area contributed by atoms with E-state index in [0.29, 0.717) is 0 Å². The van der Waals surface area contributed by atoms with E-state index in [4.69, 9.17) is 4.74 Å². The summed E-state index contributed by atoms with van der Waals surface area (Å²) >= 11 is 1.95. The summed E-state index contributed by atoms with van der Waals surface area (Å²) in [4.78, 5) is 12.2. The van der Waals surface area contributed by atoms with Gasteiger partial charge in [-0.2, -0.15) is 11.8 Å². The molecule has 2 heterocycles. The monoisotopic (exact) mass is 320 g/mol. The minimum absolute atomic E-state index is 0.00586. The van der Waals surface area contributed by atoms with Crippen LogP contribution < -0.4 is 10.6 Å². The van der Waals surface area contributed by atoms with Crippen molar-refractivity contribution < 1.29 is 9.53 Å². The second kappa shape index (κ2) is 6.92. The van der Waals surface area contributed by atoms with Crippen molar-refractivity contribution in [2.24, 2.45) is 0 Å². The van der Waals surface area contributed by atoms with Gasteiger partial charge in [0.15, 0.2) is 0 Å². The summed E-state index contributed by atoms with van der Waals surface area (Å²) in [6, 6.07) is 10.2. The fourth-order valence-corrected chi connectivity index (χ4v) is 4.64. The van der Waals surface area contributed by atoms with Gasteiger partial charge in [0.05, 0.1) is 11.6 Å². The summed E-state index contributed by atoms with van der Waals surface area (Å²) in [5.74, 6) is 2.23. The van der Waals surface area contributed by atoms with Crippen molar-refractivity contribution in [2.75, 3.05) is 18.1 Å². The minimum atomic E-state index is -0.0796. The van der Waals surface area contributed by atoms with Gasteiger partial charge in [-0.3, -0.25) is 0 Å². The van der Waals surface area contributed by atoms with E-state index < -0.39 is 0 Å². The third kappa shape index (κ3) is 3.76. The van der Waals surface area contributed by atoms with Gasteiger partial charge in [0, 0.05) is 18.4 Å². The van der Waals surface area contributed by atoms with Crippen molar-refractivity contribution in [3.63, 3.8) is 0 Å². The first-order valence-corrected chi connectivity index (χ1v) is 9.16. The molecule has 120 valence electrons. The Morgan fingerprint density at radius 2 is 2.23 bits per heavy atom. The normalized spacial score (nSPS) is 29.2. The number of carbonyl (C=O) groups is 1. The van der Waals surface area contributed by atoms with Gasteiger partial charge in [-0.1, -0.05) is 30.3 Å². The predicted octanol–water partition coefficient (Wildman–Crippen LogP) is 3.10. The van der Waals surface area contributed by atoms with Gasteiger partial charge in [0.25, 0.3) is 0 Å². The zero-order valence-electron chi connectivity index (χ0n) is 13.0. The van der Waals surface area contributed by atoms with Crippen LogP contribution in [-0.2, 0) is 4.74 Å². The smallest absolute Gasteiger partial charge is 0.315 e. The molecule has 3 atom stereocenters. The van der Waals surface area contributed by atoms with Crippen LogP contribution >= 0.6 is 11.8 Å². The molecular formula is C17H24N2O2S. The highest BCUT2D eigenvalue weighted by Crippen LogP contribution is 2.38. The molecule has 22 heavy (non-hydrogen) atoms. The average molecular weight is 320 g/mol. The molecule has 4 nitrogen and oxygen atoms in total. The van der Waals surface area contributed by atoms with Gasteiger partial charge in [0.1, 0.15) is 0 Å². The third-order valence-corrected chi connectivity index (χ3v) is 5.77. The zero-order valence-corrected chi connectivity index (χ0v) is 13.8. The Balaban J connectivity index is 1.51. The fourth-order valence-electron chi connectivity index (χ4n) is 3.26. The number of hydrogen-bond acceptors (Lipinski definition) is 3. The Morgan fingerprint density at radius 3 is 2.95 bits per heavy atom. The number of nitrogens with one attached hydrogen (secondary N) is 2. The lowest BCUT2D eigenvalue weighted by atomic mass is 9.90. The lowest BCUT2D eigenvalue weighted by Crippen LogP contribution is -2.51. The first kappa shape index (κ1) is 15.7. The number of hydrogen-bond donors (Lipinski definition) is 2. The number of amides is 2. The molecule has 2 aliphatic heterocycles. The molecule has 5 heteroatoms. The summed E-state index contributed by atoms with van der Waals surface area (Å²) in [6.45, 7) is 2.76. The van der Waals surface area contributed by atoms with Crippen molar-refractivity contribution >= 4 is 17.8 Å². The molecule has 0 aliphatic carbocycles. The van der Waals surface area contributed by atoms with Gasteiger partial charge in [-0.25, -0.2) is 4.79 Å². The van der Waals surface area contributed by atoms with Crippen LogP contribution in [0.2, 0.25) is 0 Å². The number of thioether (sulfide) groups is 1. The molecule has 2 fully saturated rings. The van der Waals surface area contributed by atoms with E-state index in [2.05, 4.69) is 10.6 Å². The van der Waals surface area contributed by atoms with E-state index in [1.807, 2.05) is 49.0 Å². The lowest BCUT2D eigenvalue weighted by Gasteiger charge is -2.38. The Morgan fingerprint density at radius 1 is 1.41 bits per heavy atom. The van der Waals surface area contributed by atoms with Gasteiger partial charge in [-0.05, 0) is 37.5 Å². The summed E-state index contributed by atoms with van der Waals surface area (Å²) in [5.41, 5.74) is 1.12. The molecule has 0 radical (unpaired) electrons. The van der Waals surface area contributed by atoms with Crippen molar-refractivity contribution in [3.8, 4) is 0 Å². The number of rotatable bonds is 3. The van der Waals surface area contributed by atoms with Gasteiger partial charge in [-0.15, -0.1) is 0 Å². The molecule has 2 N–H and O–H groups in total. The average Bonchev–Trinajstić information content (AvgIpc) is 2.95. The van der Waals surface area contributed by atoms with E-state index in [1.165, 1.54) is 5.75 Å². The van der Waals surface area contributed by atoms with Gasteiger partial charge in [0.2, 0.25) is 0 Å². The molecule has 2 amide bonds. The van der Waals surface area contributed by atoms with Crippen LogP contribution in [0, 0.1) is 0 Å². The van der Waals surface area contributed by atoms with E-state index in [9.17, 15) is 4.79 Å². The highest BCUT2D eigenvalue weighted by Gasteiger charge is 2.40. The Kier molecular flexibility index (Phi) is 4.93. The first-order chi connectivity index (χ1) is 10.7. The number of urea groups is 1. The van der Waals surface area contributed by atoms with E-state index in [-0.39, 0.29) is 23.7 Å². The zero-order chi connectivity index (χ0) is 15.4. The number of benzene rings is 1. The van der Waals surface area contributed by atoms with Crippen LogP contribution in [0.3, 0.4) is 0 Å². The predicted molar refractivity (Wildman–Crippen MR) is 90.2 cm³/mol. The second-order valence-electron chi connectivity index (χ2n) is 6.27. The van der Waals surface area contributed by atoms with Crippen molar-refractivity contribution in [1.82, 2.24) is 10.6 Å². The SMILES string of the molecule is C[C@H](NC(=O)N[C@@H]1CCO[C@]2(CCSC2)C1)c1ccccc1. The minimum Gasteiger partial charge on any atom is -0.374 e. The molecule has 0 unspecified atom stereocenters. The Hall–Kier alpha value is -1.20. The topological polar surface area (TPSA) is 50.4 Å². The highest BCUT2D eigenvalue weighted by atomic mass is 32.2. The van der Waals surface area contributed by atoms with Crippen molar-refractivity contribution in [1.29, 1.82) is 0 Å². The van der Waals surface area contributed by atoms with E-state index in [1.54, 1.807) is 0 Å². The van der Waals surface area contributed by atoms with Crippen LogP contribution in [0.5, 0.6) is 0 Å². The summed E-state index contributed by atoms with van der Waals surface area (Å²) in [5, 5.41) is 6.16. The number of ether oxygens (including phenoxy) is 1. The standard InChI is InChI=1S/C17H24N2O2S/c1-13(14-5-3-2-4-6-14)18-16(20)19-15-7-9-21-17(11-15)8-10-22-12-17/h2-6,13,15H,7-12H2,1H3,(H2,18,19,20)/t13-,15+,17+/m0/s1. The first-order valence-electron chi connectivity index (χ1n) is 8.01. The number of carbonyl (C=O) groups excluding carboxylic acids is 1. The second-order valence-corrected chi connectivity index (χ2v) is 7.38. The summed E-state index contributed by atoms with van der Waals surface area (Å²) in [6.07, 6.45) is 2.95. The molecule has 0 bridgehead atoms. The Bertz CT molecular complexity index is 503. The molecule has 1 spiro atoms. The van der Waals surface area contributed by atoms with Crippen molar-refractivity contribution in [2.45, 2.75) is 43.9 Å². The van der Waals surface area contributed by atoms with Crippen LogP contribution in [0.4, 0.5) is 4.79 Å². The van der Waals surface area contributed by atoms with E-state index in [0.717, 1.165) is 37.2 Å². The van der Waals surface area contributed by atoms with Crippen LogP contribution in [0.15, 0.2) is 30.3 Å². The molecule has 1 aromatic carbocycles. The molecule has 0 aromatic heterocycles. The summed E-state index contributed by atoms with van der Waals surface area (Å²) < 4.78 is 6.00. The maximum atomic E-state index is 12.2. The van der Waals surface area contributed by atoms with E-state index >= 15 is 0 Å². The molecule has 0 saturated carbocycles. The molecule has 2 aliphatic rings. The Labute approximate surface area is 136 Å². The highest BCUT2D eigenvalue weighted by molar-refractivity contribution is 7.99. The maximum absolute atomic E-state index is 12.2. The van der Waals surface area contributed by atoms with Gasteiger partial charge < -0.3 is 15.4 Å². The third-order valence-electron chi connectivity index (χ3n) is 4.54. The summed E-state index contributed by atoms with van der Waals surface area (Å²) in [7, 11) is 0. The largest absolute Gasteiger partial charge is 0.374 e. The lowest BCUT2D eigenvalue weighted by molar-refractivity contribution is -0.0684. The van der Waals surface area contributed by atoms with Crippen LogP contribution in [0.1, 0.15) is 37.8 Å². The van der Waals surface area contributed by atoms with Crippen LogP contribution in [-0.4, -0.2) is 35.8 Å². The molecule has 1 aromatic rings. The molecule has 2 saturated heterocycles. The fraction of sp³-hybridized carbons (Fsp3) is 0.588. The maximum Gasteiger partial charge on any atom is 0.315 e. The van der Waals surface area contributed by atoms with Gasteiger partial charge >= 0.3 is 6.03 Å². The molecular weight excluding hydrogens is 296 g/mol. The van der Waals surface area contributed by atoms with Crippen molar-refractivity contribution in [3.05, 3.63) is 35.9 Å². The quantitative estimate of drug-likeness (QED) is 0.900.